The minimum atomic E-state index is -1.05. The second-order valence-corrected chi connectivity index (χ2v) is 4.76. The lowest BCUT2D eigenvalue weighted by Crippen LogP contribution is -2.22. The highest BCUT2D eigenvalue weighted by Gasteiger charge is 2.13. The summed E-state index contributed by atoms with van der Waals surface area (Å²) in [6.07, 6.45) is -0.966. The van der Waals surface area contributed by atoms with Gasteiger partial charge < -0.3 is 19.0 Å². The second-order valence-electron chi connectivity index (χ2n) is 4.76. The number of oxazole rings is 1. The minimum absolute atomic E-state index is 0.0156. The van der Waals surface area contributed by atoms with Crippen LogP contribution in [0.25, 0.3) is 11.1 Å². The van der Waals surface area contributed by atoms with Gasteiger partial charge in [0.05, 0.1) is 0 Å². The molecule has 1 aromatic heterocycles. The zero-order chi connectivity index (χ0) is 16.4. The second kappa shape index (κ2) is 5.96. The van der Waals surface area contributed by atoms with Gasteiger partial charge in [-0.2, -0.15) is 4.98 Å². The van der Waals surface area contributed by atoms with Crippen LogP contribution in [0.1, 0.15) is 6.92 Å². The van der Waals surface area contributed by atoms with Gasteiger partial charge in [-0.05, 0) is 43.3 Å². The molecule has 3 aromatic rings. The molecule has 23 heavy (non-hydrogen) atoms. The van der Waals surface area contributed by atoms with Crippen LogP contribution in [0.15, 0.2) is 46.9 Å². The Morgan fingerprint density at radius 1 is 1.22 bits per heavy atom. The quantitative estimate of drug-likeness (QED) is 0.774. The average Bonchev–Trinajstić information content (AvgIpc) is 2.90. The molecule has 1 heterocycles. The first-order chi connectivity index (χ1) is 11.0. The Hall–Kier alpha value is -3.09. The first-order valence-electron chi connectivity index (χ1n) is 6.75. The fourth-order valence-electron chi connectivity index (χ4n) is 1.86. The third-order valence-electron chi connectivity index (χ3n) is 3.02. The van der Waals surface area contributed by atoms with Crippen molar-refractivity contribution in [3.05, 3.63) is 48.3 Å². The fourth-order valence-corrected chi connectivity index (χ4v) is 1.86. The summed E-state index contributed by atoms with van der Waals surface area (Å²) in [6.45, 7) is 1.43. The summed E-state index contributed by atoms with van der Waals surface area (Å²) >= 11 is 0. The van der Waals surface area contributed by atoms with E-state index in [2.05, 4.69) is 4.98 Å². The van der Waals surface area contributed by atoms with Crippen LogP contribution >= 0.6 is 0 Å². The van der Waals surface area contributed by atoms with E-state index in [1.807, 2.05) is 0 Å². The number of carbonyl (C=O) groups is 1. The lowest BCUT2D eigenvalue weighted by molar-refractivity contribution is -0.144. The first kappa shape index (κ1) is 14.8. The van der Waals surface area contributed by atoms with E-state index >= 15 is 0 Å². The van der Waals surface area contributed by atoms with Crippen LogP contribution in [0.5, 0.6) is 17.6 Å². The molecule has 0 spiro atoms. The average molecular weight is 317 g/mol. The van der Waals surface area contributed by atoms with Gasteiger partial charge in [0.25, 0.3) is 0 Å². The molecule has 0 bridgehead atoms. The topological polar surface area (TPSA) is 81.8 Å². The molecule has 0 saturated carbocycles. The number of aromatic nitrogens is 1. The molecule has 1 unspecified atom stereocenters. The fraction of sp³-hybridized carbons (Fsp3) is 0.125. The van der Waals surface area contributed by atoms with Crippen molar-refractivity contribution in [1.82, 2.24) is 4.98 Å². The van der Waals surface area contributed by atoms with Crippen LogP contribution in [0, 0.1) is 5.82 Å². The Morgan fingerprint density at radius 2 is 1.91 bits per heavy atom. The molecular weight excluding hydrogens is 305 g/mol. The summed E-state index contributed by atoms with van der Waals surface area (Å²) in [5.41, 5.74) is 0.770. The SMILES string of the molecule is CC(Oc1ccc(Oc2nc3ccc(F)cc3o2)cc1)C(=O)O. The van der Waals surface area contributed by atoms with Gasteiger partial charge in [0, 0.05) is 6.07 Å². The Morgan fingerprint density at radius 3 is 2.61 bits per heavy atom. The highest BCUT2D eigenvalue weighted by Crippen LogP contribution is 2.27. The molecule has 2 aromatic carbocycles. The third kappa shape index (κ3) is 3.39. The summed E-state index contributed by atoms with van der Waals surface area (Å²) in [4.78, 5) is 14.8. The highest BCUT2D eigenvalue weighted by molar-refractivity contribution is 5.73. The number of halogens is 1. The Balaban J connectivity index is 1.73. The molecule has 3 rings (SSSR count). The Labute approximate surface area is 130 Å². The predicted molar refractivity (Wildman–Crippen MR) is 78.2 cm³/mol. The van der Waals surface area contributed by atoms with Crippen LogP contribution in [-0.2, 0) is 4.79 Å². The van der Waals surface area contributed by atoms with E-state index in [0.717, 1.165) is 0 Å². The third-order valence-corrected chi connectivity index (χ3v) is 3.02. The zero-order valence-electron chi connectivity index (χ0n) is 12.0. The van der Waals surface area contributed by atoms with Gasteiger partial charge in [-0.25, -0.2) is 9.18 Å². The first-order valence-corrected chi connectivity index (χ1v) is 6.75. The standard InChI is InChI=1S/C16H12FNO5/c1-9(15(19)20)21-11-3-5-12(6-4-11)22-16-18-13-7-2-10(17)8-14(13)23-16/h2-9H,1H3,(H,19,20). The summed E-state index contributed by atoms with van der Waals surface area (Å²) in [7, 11) is 0. The van der Waals surface area contributed by atoms with E-state index in [-0.39, 0.29) is 11.7 Å². The van der Waals surface area contributed by atoms with Gasteiger partial charge in [0.1, 0.15) is 22.8 Å². The highest BCUT2D eigenvalue weighted by atomic mass is 19.1. The van der Waals surface area contributed by atoms with Gasteiger partial charge >= 0.3 is 12.0 Å². The number of ether oxygens (including phenoxy) is 2. The smallest absolute Gasteiger partial charge is 0.400 e. The predicted octanol–water partition coefficient (Wildman–Crippen LogP) is 3.61. The Bertz CT molecular complexity index is 843. The van der Waals surface area contributed by atoms with E-state index in [9.17, 15) is 9.18 Å². The number of aliphatic carboxylic acids is 1. The van der Waals surface area contributed by atoms with E-state index in [1.54, 1.807) is 24.3 Å². The van der Waals surface area contributed by atoms with Crippen molar-refractivity contribution in [2.75, 3.05) is 0 Å². The minimum Gasteiger partial charge on any atom is -0.479 e. The maximum absolute atomic E-state index is 13.1. The molecule has 0 saturated heterocycles. The van der Waals surface area contributed by atoms with E-state index in [4.69, 9.17) is 19.0 Å². The number of hydrogen-bond acceptors (Lipinski definition) is 5. The molecule has 6 nitrogen and oxygen atoms in total. The lowest BCUT2D eigenvalue weighted by atomic mass is 10.3. The monoisotopic (exact) mass is 317 g/mol. The van der Waals surface area contributed by atoms with Crippen molar-refractivity contribution in [3.63, 3.8) is 0 Å². The van der Waals surface area contributed by atoms with Gasteiger partial charge in [-0.15, -0.1) is 0 Å². The zero-order valence-corrected chi connectivity index (χ0v) is 12.0. The van der Waals surface area contributed by atoms with Crippen LogP contribution in [0.4, 0.5) is 4.39 Å². The molecule has 1 N–H and O–H groups in total. The summed E-state index contributed by atoms with van der Waals surface area (Å²) < 4.78 is 29.0. The summed E-state index contributed by atoms with van der Waals surface area (Å²) in [5, 5.41) is 8.78. The van der Waals surface area contributed by atoms with Crippen molar-refractivity contribution in [2.24, 2.45) is 0 Å². The van der Waals surface area contributed by atoms with Crippen molar-refractivity contribution < 1.29 is 28.2 Å². The number of benzene rings is 2. The molecular formula is C16H12FNO5. The molecule has 7 heteroatoms. The number of rotatable bonds is 5. The molecule has 118 valence electrons. The van der Waals surface area contributed by atoms with Gasteiger partial charge in [0.2, 0.25) is 0 Å². The van der Waals surface area contributed by atoms with Crippen LogP contribution in [0.2, 0.25) is 0 Å². The van der Waals surface area contributed by atoms with Crippen molar-refractivity contribution >= 4 is 17.1 Å². The van der Waals surface area contributed by atoms with Crippen molar-refractivity contribution in [1.29, 1.82) is 0 Å². The van der Waals surface area contributed by atoms with Crippen LogP contribution in [0.3, 0.4) is 0 Å². The van der Waals surface area contributed by atoms with Gasteiger partial charge in [0.15, 0.2) is 11.7 Å². The van der Waals surface area contributed by atoms with Crippen LogP contribution < -0.4 is 9.47 Å². The number of carboxylic acid groups (broad SMARTS) is 1. The van der Waals surface area contributed by atoms with Gasteiger partial charge in [-0.1, -0.05) is 0 Å². The van der Waals surface area contributed by atoms with E-state index in [0.29, 0.717) is 17.0 Å². The van der Waals surface area contributed by atoms with Crippen molar-refractivity contribution in [2.45, 2.75) is 13.0 Å². The maximum Gasteiger partial charge on any atom is 0.400 e. The molecule has 0 fully saturated rings. The Kier molecular flexibility index (Phi) is 3.84. The lowest BCUT2D eigenvalue weighted by Gasteiger charge is -2.10. The van der Waals surface area contributed by atoms with E-state index < -0.39 is 17.9 Å². The maximum atomic E-state index is 13.1. The van der Waals surface area contributed by atoms with Gasteiger partial charge in [-0.3, -0.25) is 0 Å². The summed E-state index contributed by atoms with van der Waals surface area (Å²) in [5.74, 6) is -0.655. The van der Waals surface area contributed by atoms with Crippen LogP contribution in [-0.4, -0.2) is 22.2 Å². The number of hydrogen-bond donors (Lipinski definition) is 1. The normalized spacial score (nSPS) is 12.1. The molecule has 0 aliphatic heterocycles. The van der Waals surface area contributed by atoms with Crippen molar-refractivity contribution in [3.8, 4) is 17.6 Å². The molecule has 0 amide bonds. The number of carboxylic acids is 1. The molecule has 0 aliphatic rings. The summed E-state index contributed by atoms with van der Waals surface area (Å²) in [6, 6.07) is 10.3. The molecule has 1 atom stereocenters. The largest absolute Gasteiger partial charge is 0.479 e. The molecule has 0 radical (unpaired) electrons. The number of fused-ring (bicyclic) bond motifs is 1. The molecule has 0 aliphatic carbocycles. The van der Waals surface area contributed by atoms with E-state index in [1.165, 1.54) is 25.1 Å². The number of nitrogens with zero attached hydrogens (tertiary/aromatic N) is 1.